The largest absolute Gasteiger partial charge is 0.0620 e. The molecule has 2 rings (SSSR count). The summed E-state index contributed by atoms with van der Waals surface area (Å²) in [7, 11) is 0. The Morgan fingerprint density at radius 3 is 2.00 bits per heavy atom. The van der Waals surface area contributed by atoms with Crippen molar-refractivity contribution in [2.75, 3.05) is 0 Å². The van der Waals surface area contributed by atoms with E-state index in [1.165, 1.54) is 19.3 Å². The van der Waals surface area contributed by atoms with Crippen LogP contribution < -0.4 is 0 Å². The van der Waals surface area contributed by atoms with Crippen LogP contribution in [0, 0.1) is 10.8 Å². The highest BCUT2D eigenvalue weighted by atomic mass is 14.6. The van der Waals surface area contributed by atoms with Crippen LogP contribution in [-0.4, -0.2) is 0 Å². The molecular formula is C18H28. The second-order valence-corrected chi connectivity index (χ2v) is 7.92. The lowest BCUT2D eigenvalue weighted by Crippen LogP contribution is -2.52. The average Bonchev–Trinajstić information content (AvgIpc) is 2.25. The van der Waals surface area contributed by atoms with Crippen LogP contribution in [0.1, 0.15) is 65.5 Å². The van der Waals surface area contributed by atoms with Gasteiger partial charge in [0.05, 0.1) is 0 Å². The molecule has 1 aliphatic rings. The van der Waals surface area contributed by atoms with Crippen LogP contribution in [0.3, 0.4) is 0 Å². The maximum Gasteiger partial charge on any atom is 0.00527 e. The predicted octanol–water partition coefficient (Wildman–Crippen LogP) is 5.35. The van der Waals surface area contributed by atoms with Crippen LogP contribution in [0.25, 0.3) is 0 Å². The van der Waals surface area contributed by atoms with E-state index in [1.54, 1.807) is 11.1 Å². The first-order valence-corrected chi connectivity index (χ1v) is 7.28. The Bertz CT molecular complexity index is 412. The number of rotatable bonds is 0. The first-order valence-electron chi connectivity index (χ1n) is 7.28. The summed E-state index contributed by atoms with van der Waals surface area (Å²) in [6, 6.07) is 9.13. The van der Waals surface area contributed by atoms with Crippen molar-refractivity contribution in [2.45, 2.75) is 66.2 Å². The minimum Gasteiger partial charge on any atom is -0.0620 e. The van der Waals surface area contributed by atoms with E-state index in [1.807, 2.05) is 0 Å². The first-order chi connectivity index (χ1) is 8.20. The van der Waals surface area contributed by atoms with E-state index in [4.69, 9.17) is 0 Å². The van der Waals surface area contributed by atoms with Crippen molar-refractivity contribution in [3.8, 4) is 0 Å². The highest BCUT2D eigenvalue weighted by molar-refractivity contribution is 5.40. The van der Waals surface area contributed by atoms with E-state index in [9.17, 15) is 0 Å². The van der Waals surface area contributed by atoms with Crippen molar-refractivity contribution < 1.29 is 0 Å². The molecule has 0 saturated heterocycles. The Hall–Kier alpha value is -0.780. The van der Waals surface area contributed by atoms with Crippen molar-refractivity contribution in [3.63, 3.8) is 0 Å². The SMILES string of the molecule is CC(C)(C)C1(C(C)(C)C)CCCc2ccccc21. The van der Waals surface area contributed by atoms with Gasteiger partial charge in [-0.3, -0.25) is 0 Å². The molecule has 0 heteroatoms. The summed E-state index contributed by atoms with van der Waals surface area (Å²) in [4.78, 5) is 0. The zero-order valence-electron chi connectivity index (χ0n) is 12.9. The summed E-state index contributed by atoms with van der Waals surface area (Å²) in [5.74, 6) is 0. The van der Waals surface area contributed by atoms with Gasteiger partial charge < -0.3 is 0 Å². The van der Waals surface area contributed by atoms with Crippen molar-refractivity contribution >= 4 is 0 Å². The Labute approximate surface area is 113 Å². The molecule has 0 N–H and O–H groups in total. The molecule has 1 aromatic carbocycles. The molecule has 0 heterocycles. The third-order valence-electron chi connectivity index (χ3n) is 5.04. The molecule has 0 saturated carbocycles. The van der Waals surface area contributed by atoms with Crippen LogP contribution >= 0.6 is 0 Å². The molecule has 100 valence electrons. The predicted molar refractivity (Wildman–Crippen MR) is 80.0 cm³/mol. The van der Waals surface area contributed by atoms with Crippen LogP contribution in [0.2, 0.25) is 0 Å². The fraction of sp³-hybridized carbons (Fsp3) is 0.667. The minimum atomic E-state index is 0.287. The molecule has 0 amide bonds. The quantitative estimate of drug-likeness (QED) is 0.577. The van der Waals surface area contributed by atoms with Crippen LogP contribution in [0.4, 0.5) is 0 Å². The molecule has 0 bridgehead atoms. The van der Waals surface area contributed by atoms with E-state index in [2.05, 4.69) is 65.8 Å². The summed E-state index contributed by atoms with van der Waals surface area (Å²) in [5, 5.41) is 0. The fourth-order valence-electron chi connectivity index (χ4n) is 4.52. The third-order valence-corrected chi connectivity index (χ3v) is 5.04. The van der Waals surface area contributed by atoms with Gasteiger partial charge >= 0.3 is 0 Å². The van der Waals surface area contributed by atoms with E-state index in [0.717, 1.165) is 0 Å². The maximum absolute atomic E-state index is 2.42. The van der Waals surface area contributed by atoms with Gasteiger partial charge in [0.2, 0.25) is 0 Å². The van der Waals surface area contributed by atoms with Gasteiger partial charge in [-0.05, 0) is 41.2 Å². The Morgan fingerprint density at radius 2 is 1.44 bits per heavy atom. The van der Waals surface area contributed by atoms with E-state index in [0.29, 0.717) is 10.8 Å². The van der Waals surface area contributed by atoms with Crippen molar-refractivity contribution in [2.24, 2.45) is 10.8 Å². The monoisotopic (exact) mass is 244 g/mol. The normalized spacial score (nSPS) is 19.4. The summed E-state index contributed by atoms with van der Waals surface area (Å²) >= 11 is 0. The smallest absolute Gasteiger partial charge is 0.00527 e. The second-order valence-electron chi connectivity index (χ2n) is 7.92. The van der Waals surface area contributed by atoms with Gasteiger partial charge in [0.25, 0.3) is 0 Å². The molecule has 0 unspecified atom stereocenters. The molecule has 0 aromatic heterocycles. The van der Waals surface area contributed by atoms with Crippen molar-refractivity contribution in [1.82, 2.24) is 0 Å². The molecule has 0 radical (unpaired) electrons. The molecule has 1 aromatic rings. The molecule has 18 heavy (non-hydrogen) atoms. The number of fused-ring (bicyclic) bond motifs is 1. The third kappa shape index (κ3) is 1.81. The van der Waals surface area contributed by atoms with Gasteiger partial charge in [-0.2, -0.15) is 0 Å². The van der Waals surface area contributed by atoms with E-state index in [-0.39, 0.29) is 5.41 Å². The Kier molecular flexibility index (Phi) is 3.12. The number of benzene rings is 1. The second kappa shape index (κ2) is 4.11. The van der Waals surface area contributed by atoms with Crippen LogP contribution in [-0.2, 0) is 11.8 Å². The molecule has 1 aliphatic carbocycles. The average molecular weight is 244 g/mol. The zero-order valence-corrected chi connectivity index (χ0v) is 12.9. The van der Waals surface area contributed by atoms with Gasteiger partial charge in [0, 0.05) is 5.41 Å². The molecular weight excluding hydrogens is 216 g/mol. The number of hydrogen-bond acceptors (Lipinski definition) is 0. The maximum atomic E-state index is 2.42. The fourth-order valence-corrected chi connectivity index (χ4v) is 4.52. The summed E-state index contributed by atoms with van der Waals surface area (Å²) in [6.45, 7) is 14.5. The highest BCUT2D eigenvalue weighted by Crippen LogP contribution is 2.58. The Morgan fingerprint density at radius 1 is 0.889 bits per heavy atom. The minimum absolute atomic E-state index is 0.287. The van der Waals surface area contributed by atoms with Gasteiger partial charge in [0.15, 0.2) is 0 Å². The lowest BCUT2D eigenvalue weighted by molar-refractivity contribution is 0.0339. The highest BCUT2D eigenvalue weighted by Gasteiger charge is 2.52. The Balaban J connectivity index is 2.72. The summed E-state index contributed by atoms with van der Waals surface area (Å²) in [6.07, 6.45) is 3.90. The van der Waals surface area contributed by atoms with Gasteiger partial charge in [-0.1, -0.05) is 65.8 Å². The van der Waals surface area contributed by atoms with Gasteiger partial charge in [-0.25, -0.2) is 0 Å². The lowest BCUT2D eigenvalue weighted by Gasteiger charge is -2.57. The number of hydrogen-bond donors (Lipinski definition) is 0. The standard InChI is InChI=1S/C18H28/c1-16(2,3)18(17(4,5)6)13-9-11-14-10-7-8-12-15(14)18/h7-8,10,12H,9,11,13H2,1-6H3. The van der Waals surface area contributed by atoms with Crippen molar-refractivity contribution in [1.29, 1.82) is 0 Å². The zero-order chi connectivity index (χ0) is 13.6. The van der Waals surface area contributed by atoms with Crippen LogP contribution in [0.15, 0.2) is 24.3 Å². The van der Waals surface area contributed by atoms with Gasteiger partial charge in [0.1, 0.15) is 0 Å². The molecule has 0 nitrogen and oxygen atoms in total. The number of aryl methyl sites for hydroxylation is 1. The van der Waals surface area contributed by atoms with E-state index >= 15 is 0 Å². The van der Waals surface area contributed by atoms with Gasteiger partial charge in [-0.15, -0.1) is 0 Å². The van der Waals surface area contributed by atoms with E-state index < -0.39 is 0 Å². The first kappa shape index (κ1) is 13.6. The lowest BCUT2D eigenvalue weighted by atomic mass is 9.47. The summed E-state index contributed by atoms with van der Waals surface area (Å²) in [5.41, 5.74) is 4.06. The van der Waals surface area contributed by atoms with Crippen LogP contribution in [0.5, 0.6) is 0 Å². The molecule has 0 aliphatic heterocycles. The molecule has 0 spiro atoms. The van der Waals surface area contributed by atoms with Crippen molar-refractivity contribution in [3.05, 3.63) is 35.4 Å². The topological polar surface area (TPSA) is 0 Å². The molecule has 0 fully saturated rings. The molecule has 0 atom stereocenters. The summed E-state index contributed by atoms with van der Waals surface area (Å²) < 4.78 is 0.